The second kappa shape index (κ2) is 12.0. The van der Waals surface area contributed by atoms with Crippen molar-refractivity contribution in [2.45, 2.75) is 31.8 Å². The van der Waals surface area contributed by atoms with Gasteiger partial charge < -0.3 is 14.4 Å². The van der Waals surface area contributed by atoms with E-state index >= 15 is 0 Å². The molecule has 2 aromatic rings. The van der Waals surface area contributed by atoms with Crippen molar-refractivity contribution in [3.63, 3.8) is 0 Å². The zero-order chi connectivity index (χ0) is 27.2. The maximum atomic E-state index is 13.2. The minimum absolute atomic E-state index is 0.0334. The lowest BCUT2D eigenvalue weighted by Gasteiger charge is -2.29. The number of hydrogen-bond acceptors (Lipinski definition) is 9. The standard InChI is InChI=1S/C26H31N7O5/c1-31(2)21-6-8-32(25(21)35)15-18-11-17-5-4-7-33(24(17)29-20(18)16-34)26(36)30-23-12-22(38-10-9-37-3)19(13-27)14-28-23/h11-12,14,16,21H,4-10,15H2,1-3H3,(H,28,30,36)/t21-/m0/s1. The summed E-state index contributed by atoms with van der Waals surface area (Å²) in [5, 5.41) is 12.1. The third kappa shape index (κ3) is 5.74. The highest BCUT2D eigenvalue weighted by Gasteiger charge is 2.34. The second-order valence-electron chi connectivity index (χ2n) is 9.37. The summed E-state index contributed by atoms with van der Waals surface area (Å²) in [4.78, 5) is 51.8. The van der Waals surface area contributed by atoms with Gasteiger partial charge in [-0.2, -0.15) is 5.26 Å². The first kappa shape index (κ1) is 27.0. The van der Waals surface area contributed by atoms with E-state index in [0.717, 1.165) is 12.0 Å². The van der Waals surface area contributed by atoms with Crippen molar-refractivity contribution in [3.8, 4) is 11.8 Å². The Kier molecular flexibility index (Phi) is 8.50. The Hall–Kier alpha value is -4.08. The molecule has 12 heteroatoms. The fraction of sp³-hybridized carbons (Fsp3) is 0.462. The van der Waals surface area contributed by atoms with Crippen molar-refractivity contribution < 1.29 is 23.9 Å². The molecule has 1 atom stereocenters. The van der Waals surface area contributed by atoms with E-state index in [2.05, 4.69) is 15.3 Å². The number of nitrogens with one attached hydrogen (secondary N) is 1. The molecule has 0 spiro atoms. The molecule has 0 unspecified atom stereocenters. The van der Waals surface area contributed by atoms with Gasteiger partial charge in [0.1, 0.15) is 41.3 Å². The van der Waals surface area contributed by atoms with Crippen LogP contribution in [0.1, 0.15) is 40.0 Å². The molecular formula is C26H31N7O5. The number of carbonyl (C=O) groups is 3. The summed E-state index contributed by atoms with van der Waals surface area (Å²) >= 11 is 0. The van der Waals surface area contributed by atoms with Crippen molar-refractivity contribution in [1.82, 2.24) is 19.8 Å². The fourth-order valence-corrected chi connectivity index (χ4v) is 4.67. The maximum Gasteiger partial charge on any atom is 0.328 e. The molecular weight excluding hydrogens is 490 g/mol. The first-order chi connectivity index (χ1) is 18.4. The number of aldehydes is 1. The highest BCUT2D eigenvalue weighted by Crippen LogP contribution is 2.29. The Balaban J connectivity index is 1.53. The molecule has 0 bridgehead atoms. The molecule has 1 fully saturated rings. The number of urea groups is 1. The number of rotatable bonds is 9. The smallest absolute Gasteiger partial charge is 0.328 e. The van der Waals surface area contributed by atoms with Gasteiger partial charge in [0.05, 0.1) is 18.8 Å². The molecule has 0 aliphatic carbocycles. The van der Waals surface area contributed by atoms with Crippen molar-refractivity contribution in [1.29, 1.82) is 5.26 Å². The van der Waals surface area contributed by atoms with Crippen LogP contribution in [-0.4, -0.2) is 91.5 Å². The number of carbonyl (C=O) groups excluding carboxylic acids is 3. The van der Waals surface area contributed by atoms with Gasteiger partial charge in [0, 0.05) is 38.4 Å². The van der Waals surface area contributed by atoms with E-state index in [4.69, 9.17) is 9.47 Å². The number of ether oxygens (including phenoxy) is 2. The molecule has 200 valence electrons. The lowest BCUT2D eigenvalue weighted by molar-refractivity contribution is -0.131. The Bertz CT molecular complexity index is 1260. The molecule has 12 nitrogen and oxygen atoms in total. The average Bonchev–Trinajstić information content (AvgIpc) is 3.28. The third-order valence-electron chi connectivity index (χ3n) is 6.65. The number of aryl methyl sites for hydroxylation is 1. The Labute approximate surface area is 221 Å². The molecule has 0 aromatic carbocycles. The Morgan fingerprint density at radius 3 is 2.82 bits per heavy atom. The molecule has 2 aliphatic heterocycles. The molecule has 2 aromatic heterocycles. The van der Waals surface area contributed by atoms with Gasteiger partial charge in [-0.1, -0.05) is 0 Å². The van der Waals surface area contributed by atoms with E-state index in [9.17, 15) is 19.6 Å². The van der Waals surface area contributed by atoms with E-state index in [1.807, 2.05) is 31.1 Å². The van der Waals surface area contributed by atoms with Crippen molar-refractivity contribution in [2.24, 2.45) is 0 Å². The summed E-state index contributed by atoms with van der Waals surface area (Å²) < 4.78 is 10.6. The van der Waals surface area contributed by atoms with E-state index in [-0.39, 0.29) is 41.4 Å². The number of methoxy groups -OCH3 is 1. The molecule has 1 saturated heterocycles. The van der Waals surface area contributed by atoms with Gasteiger partial charge >= 0.3 is 6.03 Å². The highest BCUT2D eigenvalue weighted by atomic mass is 16.5. The van der Waals surface area contributed by atoms with Crippen molar-refractivity contribution in [3.05, 3.63) is 40.7 Å². The summed E-state index contributed by atoms with van der Waals surface area (Å²) in [7, 11) is 5.31. The van der Waals surface area contributed by atoms with Crippen LogP contribution in [0.4, 0.5) is 16.4 Å². The van der Waals surface area contributed by atoms with Crippen LogP contribution >= 0.6 is 0 Å². The molecule has 0 radical (unpaired) electrons. The van der Waals surface area contributed by atoms with Gasteiger partial charge in [-0.3, -0.25) is 24.7 Å². The van der Waals surface area contributed by atoms with E-state index in [1.165, 1.54) is 17.2 Å². The summed E-state index contributed by atoms with van der Waals surface area (Å²) in [6, 6.07) is 4.74. The summed E-state index contributed by atoms with van der Waals surface area (Å²) in [5.74, 6) is 0.937. The molecule has 4 rings (SSSR count). The summed E-state index contributed by atoms with van der Waals surface area (Å²) in [5.41, 5.74) is 1.94. The molecule has 0 saturated carbocycles. The van der Waals surface area contributed by atoms with Gasteiger partial charge in [-0.05, 0) is 45.0 Å². The first-order valence-corrected chi connectivity index (χ1v) is 12.4. The monoisotopic (exact) mass is 521 g/mol. The van der Waals surface area contributed by atoms with E-state index < -0.39 is 6.03 Å². The Morgan fingerprint density at radius 1 is 1.32 bits per heavy atom. The lowest BCUT2D eigenvalue weighted by atomic mass is 10.0. The molecule has 38 heavy (non-hydrogen) atoms. The van der Waals surface area contributed by atoms with Crippen molar-refractivity contribution in [2.75, 3.05) is 57.7 Å². The largest absolute Gasteiger partial charge is 0.490 e. The zero-order valence-corrected chi connectivity index (χ0v) is 21.8. The first-order valence-electron chi connectivity index (χ1n) is 12.4. The van der Waals surface area contributed by atoms with Gasteiger partial charge in [-0.15, -0.1) is 0 Å². The van der Waals surface area contributed by atoms with Crippen molar-refractivity contribution >= 4 is 29.9 Å². The fourth-order valence-electron chi connectivity index (χ4n) is 4.67. The quantitative estimate of drug-likeness (QED) is 0.386. The van der Waals surface area contributed by atoms with Crippen LogP contribution in [0.15, 0.2) is 18.3 Å². The molecule has 3 amide bonds. The number of fused-ring (bicyclic) bond motifs is 1. The van der Waals surface area contributed by atoms with Crippen LogP contribution in [0.3, 0.4) is 0 Å². The second-order valence-corrected chi connectivity index (χ2v) is 9.37. The summed E-state index contributed by atoms with van der Waals surface area (Å²) in [6.07, 6.45) is 4.13. The SMILES string of the molecule is COCCOc1cc(NC(=O)N2CCCc3cc(CN4CC[C@H](N(C)C)C4=O)c(C=O)nc32)ncc1C#N. The third-order valence-corrected chi connectivity index (χ3v) is 6.65. The topological polar surface area (TPSA) is 141 Å². The van der Waals surface area contributed by atoms with Crippen LogP contribution in [0.25, 0.3) is 0 Å². The number of likely N-dealkylation sites (N-methyl/N-ethyl adjacent to an activating group) is 1. The maximum absolute atomic E-state index is 13.2. The minimum atomic E-state index is -0.466. The zero-order valence-electron chi connectivity index (χ0n) is 21.8. The van der Waals surface area contributed by atoms with Crippen LogP contribution in [-0.2, 0) is 22.5 Å². The average molecular weight is 522 g/mol. The molecule has 1 N–H and O–H groups in total. The van der Waals surface area contributed by atoms with Crippen LogP contribution in [0.2, 0.25) is 0 Å². The van der Waals surface area contributed by atoms with Gasteiger partial charge in [0.25, 0.3) is 0 Å². The number of nitriles is 1. The predicted octanol–water partition coefficient (Wildman–Crippen LogP) is 1.83. The highest BCUT2D eigenvalue weighted by molar-refractivity contribution is 6.01. The van der Waals surface area contributed by atoms with Gasteiger partial charge in [-0.25, -0.2) is 14.8 Å². The summed E-state index contributed by atoms with van der Waals surface area (Å²) in [6.45, 7) is 1.90. The number of aromatic nitrogens is 2. The van der Waals surface area contributed by atoms with Gasteiger partial charge in [0.15, 0.2) is 6.29 Å². The number of nitrogens with zero attached hydrogens (tertiary/aromatic N) is 6. The predicted molar refractivity (Wildman–Crippen MR) is 138 cm³/mol. The number of pyridine rings is 2. The molecule has 2 aliphatic rings. The number of anilines is 2. The van der Waals surface area contributed by atoms with Crippen LogP contribution in [0, 0.1) is 11.3 Å². The lowest BCUT2D eigenvalue weighted by Crippen LogP contribution is -2.40. The minimum Gasteiger partial charge on any atom is -0.490 e. The van der Waals surface area contributed by atoms with Crippen LogP contribution < -0.4 is 15.0 Å². The van der Waals surface area contributed by atoms with Gasteiger partial charge in [0.2, 0.25) is 5.91 Å². The number of hydrogen-bond donors (Lipinski definition) is 1. The number of likely N-dealkylation sites (tertiary alicyclic amines) is 1. The normalized spacial score (nSPS) is 16.8. The Morgan fingerprint density at radius 2 is 2.13 bits per heavy atom. The molecule has 4 heterocycles. The van der Waals surface area contributed by atoms with E-state index in [1.54, 1.807) is 12.0 Å². The number of amides is 3. The van der Waals surface area contributed by atoms with Crippen LogP contribution in [0.5, 0.6) is 5.75 Å². The van der Waals surface area contributed by atoms with E-state index in [0.29, 0.717) is 56.8 Å².